The molecule has 1 saturated heterocycles. The van der Waals surface area contributed by atoms with Gasteiger partial charge < -0.3 is 9.47 Å². The Labute approximate surface area is 50.5 Å². The summed E-state index contributed by atoms with van der Waals surface area (Å²) in [5.74, 6) is -0.526. The minimum atomic E-state index is -1.13. The van der Waals surface area contributed by atoms with Gasteiger partial charge in [-0.25, -0.2) is 4.79 Å². The molecule has 1 unspecified atom stereocenters. The van der Waals surface area contributed by atoms with E-state index in [4.69, 9.17) is 0 Å². The Balaban J connectivity index is 2.29. The predicted octanol–water partition coefficient (Wildman–Crippen LogP) is -0.984. The fourth-order valence-corrected chi connectivity index (χ4v) is 0.424. The van der Waals surface area contributed by atoms with Gasteiger partial charge in [-0.05, 0) is 0 Å². The van der Waals surface area contributed by atoms with E-state index in [1.54, 1.807) is 0 Å². The molecule has 1 heterocycles. The zero-order chi connectivity index (χ0) is 6.69. The maximum atomic E-state index is 10.2. The van der Waals surface area contributed by atoms with E-state index in [1.165, 1.54) is 0 Å². The van der Waals surface area contributed by atoms with Crippen LogP contribution in [0.15, 0.2) is 0 Å². The Kier molecular flexibility index (Phi) is 1.64. The summed E-state index contributed by atoms with van der Waals surface area (Å²) in [5.41, 5.74) is 0. The summed E-state index contributed by atoms with van der Waals surface area (Å²) in [4.78, 5) is 19.8. The molecule has 5 nitrogen and oxygen atoms in total. The topological polar surface area (TPSA) is 61.8 Å². The van der Waals surface area contributed by atoms with E-state index in [9.17, 15) is 9.59 Å². The first-order valence-corrected chi connectivity index (χ1v) is 2.23. The maximum Gasteiger partial charge on any atom is 0.365 e. The molecule has 50 valence electrons. The molecule has 0 radical (unpaired) electrons. The first-order valence-electron chi connectivity index (χ1n) is 2.23. The zero-order valence-electron chi connectivity index (χ0n) is 4.40. The molecule has 1 fully saturated rings. The van der Waals surface area contributed by atoms with Crippen molar-refractivity contribution in [2.24, 2.45) is 0 Å². The SMILES string of the molecule is O=COC1OCC(=O)O1. The van der Waals surface area contributed by atoms with Crippen LogP contribution < -0.4 is 0 Å². The fourth-order valence-electron chi connectivity index (χ4n) is 0.424. The maximum absolute atomic E-state index is 10.2. The number of carbonyl (C=O) groups is 2. The van der Waals surface area contributed by atoms with Gasteiger partial charge in [0, 0.05) is 0 Å². The van der Waals surface area contributed by atoms with Crippen LogP contribution >= 0.6 is 0 Å². The molecule has 0 spiro atoms. The van der Waals surface area contributed by atoms with Crippen molar-refractivity contribution in [3.05, 3.63) is 0 Å². The van der Waals surface area contributed by atoms with Gasteiger partial charge in [0.25, 0.3) is 6.47 Å². The van der Waals surface area contributed by atoms with Crippen molar-refractivity contribution in [2.45, 2.75) is 6.48 Å². The summed E-state index contributed by atoms with van der Waals surface area (Å²) in [7, 11) is 0. The van der Waals surface area contributed by atoms with Crippen molar-refractivity contribution in [2.75, 3.05) is 6.61 Å². The van der Waals surface area contributed by atoms with Crippen LogP contribution in [0.2, 0.25) is 0 Å². The van der Waals surface area contributed by atoms with Crippen LogP contribution in [-0.4, -0.2) is 25.5 Å². The van der Waals surface area contributed by atoms with Gasteiger partial charge in [-0.2, -0.15) is 0 Å². The molecule has 0 aromatic rings. The lowest BCUT2D eigenvalue weighted by Gasteiger charge is -2.02. The average molecular weight is 132 g/mol. The normalized spacial score (nSPS) is 25.3. The third-order valence-electron chi connectivity index (χ3n) is 0.732. The number of hydrogen-bond donors (Lipinski definition) is 0. The number of hydrogen-bond acceptors (Lipinski definition) is 5. The molecule has 0 amide bonds. The molecule has 0 aromatic carbocycles. The van der Waals surface area contributed by atoms with E-state index < -0.39 is 12.4 Å². The van der Waals surface area contributed by atoms with Crippen molar-refractivity contribution >= 4 is 12.4 Å². The van der Waals surface area contributed by atoms with E-state index in [0.29, 0.717) is 0 Å². The zero-order valence-corrected chi connectivity index (χ0v) is 4.40. The standard InChI is InChI=1S/C4H4O5/c5-2-8-4-7-1-3(6)9-4/h2,4H,1H2. The molecule has 0 aromatic heterocycles. The van der Waals surface area contributed by atoms with Gasteiger partial charge >= 0.3 is 12.4 Å². The summed E-state index contributed by atoms with van der Waals surface area (Å²) in [5, 5.41) is 0. The van der Waals surface area contributed by atoms with Gasteiger partial charge in [-0.3, -0.25) is 9.53 Å². The average Bonchev–Trinajstić information content (AvgIpc) is 2.17. The number of ether oxygens (including phenoxy) is 3. The van der Waals surface area contributed by atoms with Gasteiger partial charge in [-0.15, -0.1) is 0 Å². The molecule has 0 bridgehead atoms. The van der Waals surface area contributed by atoms with Crippen LogP contribution in [-0.2, 0) is 23.8 Å². The van der Waals surface area contributed by atoms with E-state index in [-0.39, 0.29) is 13.1 Å². The number of rotatable bonds is 2. The first kappa shape index (κ1) is 6.03. The highest BCUT2D eigenvalue weighted by atomic mass is 16.9. The molecule has 5 heteroatoms. The van der Waals surface area contributed by atoms with Crippen molar-refractivity contribution in [3.63, 3.8) is 0 Å². The van der Waals surface area contributed by atoms with Crippen LogP contribution in [0.5, 0.6) is 0 Å². The van der Waals surface area contributed by atoms with Crippen LogP contribution in [0.1, 0.15) is 0 Å². The van der Waals surface area contributed by atoms with Crippen molar-refractivity contribution in [1.82, 2.24) is 0 Å². The molecular weight excluding hydrogens is 128 g/mol. The van der Waals surface area contributed by atoms with Crippen LogP contribution in [0, 0.1) is 0 Å². The lowest BCUT2D eigenvalue weighted by Crippen LogP contribution is -2.11. The smallest absolute Gasteiger partial charge is 0.365 e. The lowest BCUT2D eigenvalue weighted by molar-refractivity contribution is -0.215. The molecule has 0 N–H and O–H groups in total. The Bertz CT molecular complexity index is 131. The van der Waals surface area contributed by atoms with Crippen LogP contribution in [0.3, 0.4) is 0 Å². The van der Waals surface area contributed by atoms with E-state index in [2.05, 4.69) is 14.2 Å². The number of carbonyl (C=O) groups excluding carboxylic acids is 2. The Hall–Kier alpha value is -1.10. The Morgan fingerprint density at radius 3 is 3.00 bits per heavy atom. The molecular formula is C4H4O5. The molecule has 0 aliphatic carbocycles. The van der Waals surface area contributed by atoms with Gasteiger partial charge in [0.2, 0.25) is 0 Å². The first-order chi connectivity index (χ1) is 4.33. The second-order valence-corrected chi connectivity index (χ2v) is 1.32. The summed E-state index contributed by atoms with van der Waals surface area (Å²) in [6.45, 7) is -1.13. The Morgan fingerprint density at radius 1 is 1.78 bits per heavy atom. The summed E-state index contributed by atoms with van der Waals surface area (Å²) < 4.78 is 12.9. The predicted molar refractivity (Wildman–Crippen MR) is 23.0 cm³/mol. The largest absolute Gasteiger partial charge is 0.403 e. The highest BCUT2D eigenvalue weighted by Crippen LogP contribution is 2.04. The van der Waals surface area contributed by atoms with Crippen LogP contribution in [0.25, 0.3) is 0 Å². The summed E-state index contributed by atoms with van der Waals surface area (Å²) >= 11 is 0. The van der Waals surface area contributed by atoms with E-state index >= 15 is 0 Å². The quantitative estimate of drug-likeness (QED) is 0.357. The Morgan fingerprint density at radius 2 is 2.56 bits per heavy atom. The fraction of sp³-hybridized carbons (Fsp3) is 0.500. The second-order valence-electron chi connectivity index (χ2n) is 1.32. The highest BCUT2D eigenvalue weighted by Gasteiger charge is 2.24. The van der Waals surface area contributed by atoms with Crippen molar-refractivity contribution < 1.29 is 23.8 Å². The molecule has 0 saturated carbocycles. The molecule has 1 atom stereocenters. The minimum absolute atomic E-state index is 0.154. The number of cyclic esters (lactones) is 1. The van der Waals surface area contributed by atoms with Crippen molar-refractivity contribution in [1.29, 1.82) is 0 Å². The molecule has 1 aliphatic rings. The van der Waals surface area contributed by atoms with Crippen LogP contribution in [0.4, 0.5) is 0 Å². The number of esters is 1. The monoisotopic (exact) mass is 132 g/mol. The third kappa shape index (κ3) is 1.39. The molecule has 1 aliphatic heterocycles. The lowest BCUT2D eigenvalue weighted by atomic mass is 10.8. The van der Waals surface area contributed by atoms with E-state index in [1.807, 2.05) is 0 Å². The summed E-state index contributed by atoms with van der Waals surface area (Å²) in [6.07, 6.45) is 0. The van der Waals surface area contributed by atoms with Gasteiger partial charge in [0.1, 0.15) is 0 Å². The van der Waals surface area contributed by atoms with Gasteiger partial charge in [0.15, 0.2) is 6.61 Å². The second kappa shape index (κ2) is 2.45. The molecule has 1 rings (SSSR count). The van der Waals surface area contributed by atoms with E-state index in [0.717, 1.165) is 0 Å². The minimum Gasteiger partial charge on any atom is -0.403 e. The van der Waals surface area contributed by atoms with Gasteiger partial charge in [0.05, 0.1) is 0 Å². The highest BCUT2D eigenvalue weighted by molar-refractivity contribution is 5.72. The van der Waals surface area contributed by atoms with Crippen molar-refractivity contribution in [3.8, 4) is 0 Å². The summed E-state index contributed by atoms with van der Waals surface area (Å²) in [6, 6.07) is 0. The van der Waals surface area contributed by atoms with Gasteiger partial charge in [-0.1, -0.05) is 0 Å². The molecule has 9 heavy (non-hydrogen) atoms. The third-order valence-corrected chi connectivity index (χ3v) is 0.732.